The number of nitrogens with one attached hydrogen (secondary N) is 1. The fraction of sp³-hybridized carbons (Fsp3) is 0.115. The number of hydrogen-bond acceptors (Lipinski definition) is 4. The number of aryl methyl sites for hydroxylation is 1. The predicted octanol–water partition coefficient (Wildman–Crippen LogP) is 5.21. The summed E-state index contributed by atoms with van der Waals surface area (Å²) < 4.78 is 6.95. The zero-order valence-corrected chi connectivity index (χ0v) is 17.9. The first-order chi connectivity index (χ1) is 15.6. The van der Waals surface area contributed by atoms with Crippen LogP contribution in [-0.4, -0.2) is 27.8 Å². The molecule has 5 rings (SSSR count). The quantitative estimate of drug-likeness (QED) is 0.422. The number of benzene rings is 3. The first-order valence-electron chi connectivity index (χ1n) is 10.4. The van der Waals surface area contributed by atoms with E-state index in [-0.39, 0.29) is 12.5 Å². The Morgan fingerprint density at radius 3 is 2.47 bits per heavy atom. The average Bonchev–Trinajstić information content (AvgIpc) is 3.18. The second kappa shape index (κ2) is 8.15. The monoisotopic (exact) mass is 422 g/mol. The van der Waals surface area contributed by atoms with Crippen LogP contribution in [0.3, 0.4) is 0 Å². The van der Waals surface area contributed by atoms with Crippen molar-refractivity contribution in [3.05, 3.63) is 84.6 Å². The molecule has 158 valence electrons. The van der Waals surface area contributed by atoms with Gasteiger partial charge in [0.05, 0.1) is 18.1 Å². The van der Waals surface area contributed by atoms with E-state index in [1.165, 1.54) is 5.56 Å². The summed E-state index contributed by atoms with van der Waals surface area (Å²) in [5.74, 6) is 0.582. The molecule has 3 aromatic carbocycles. The Hall–Kier alpha value is -4.19. The molecule has 0 unspecified atom stereocenters. The molecule has 0 spiro atoms. The summed E-state index contributed by atoms with van der Waals surface area (Å²) in [7, 11) is 1.61. The Bertz CT molecular complexity index is 1420. The summed E-state index contributed by atoms with van der Waals surface area (Å²) in [4.78, 5) is 17.5. The van der Waals surface area contributed by atoms with E-state index in [4.69, 9.17) is 9.84 Å². The van der Waals surface area contributed by atoms with Gasteiger partial charge in [0.25, 0.3) is 0 Å². The molecule has 0 aliphatic carbocycles. The van der Waals surface area contributed by atoms with Gasteiger partial charge < -0.3 is 10.1 Å². The number of carbonyl (C=O) groups is 1. The van der Waals surface area contributed by atoms with Gasteiger partial charge in [-0.2, -0.15) is 5.10 Å². The maximum absolute atomic E-state index is 12.9. The Labute approximate surface area is 185 Å². The number of ether oxygens (including phenoxy) is 1. The number of pyridine rings is 1. The largest absolute Gasteiger partial charge is 0.497 e. The molecule has 0 fully saturated rings. The van der Waals surface area contributed by atoms with Gasteiger partial charge in [-0.1, -0.05) is 48.0 Å². The number of hydrogen-bond donors (Lipinski definition) is 1. The van der Waals surface area contributed by atoms with Gasteiger partial charge in [-0.05, 0) is 37.3 Å². The highest BCUT2D eigenvalue weighted by Crippen LogP contribution is 2.32. The van der Waals surface area contributed by atoms with E-state index in [0.717, 1.165) is 38.8 Å². The van der Waals surface area contributed by atoms with Gasteiger partial charge in [0.1, 0.15) is 18.0 Å². The molecule has 0 aliphatic heterocycles. The van der Waals surface area contributed by atoms with Crippen LogP contribution < -0.4 is 10.1 Å². The van der Waals surface area contributed by atoms with Gasteiger partial charge in [0.15, 0.2) is 0 Å². The molecule has 1 amide bonds. The standard InChI is InChI=1S/C26H22N4O2/c1-17-7-9-18(10-8-17)25-22-15-27-23-6-4-3-5-21(23)26(22)30(29-25)16-24(31)28-19-11-13-20(32-2)14-12-19/h3-15H,16H2,1-2H3,(H,28,31). The SMILES string of the molecule is COc1ccc(NC(=O)Cn2nc(-c3ccc(C)cc3)c3cnc4ccccc4c32)cc1. The highest BCUT2D eigenvalue weighted by Gasteiger charge is 2.17. The van der Waals surface area contributed by atoms with Crippen LogP contribution in [0.15, 0.2) is 79.0 Å². The van der Waals surface area contributed by atoms with Crippen LogP contribution in [0.4, 0.5) is 5.69 Å². The third-order valence-electron chi connectivity index (χ3n) is 5.47. The van der Waals surface area contributed by atoms with Crippen molar-refractivity contribution in [2.24, 2.45) is 0 Å². The van der Waals surface area contributed by atoms with E-state index < -0.39 is 0 Å². The highest BCUT2D eigenvalue weighted by molar-refractivity contribution is 6.08. The fourth-order valence-corrected chi connectivity index (χ4v) is 3.85. The van der Waals surface area contributed by atoms with Gasteiger partial charge in [0, 0.05) is 28.2 Å². The third kappa shape index (κ3) is 3.67. The summed E-state index contributed by atoms with van der Waals surface area (Å²) in [6, 6.07) is 23.4. The van der Waals surface area contributed by atoms with Gasteiger partial charge in [0.2, 0.25) is 5.91 Å². The van der Waals surface area contributed by atoms with E-state index >= 15 is 0 Å². The molecule has 0 atom stereocenters. The average molecular weight is 422 g/mol. The molecule has 6 nitrogen and oxygen atoms in total. The van der Waals surface area contributed by atoms with Crippen LogP contribution in [0.25, 0.3) is 33.1 Å². The highest BCUT2D eigenvalue weighted by atomic mass is 16.5. The maximum atomic E-state index is 12.9. The summed E-state index contributed by atoms with van der Waals surface area (Å²) in [6.07, 6.45) is 1.84. The van der Waals surface area contributed by atoms with Crippen molar-refractivity contribution in [3.8, 4) is 17.0 Å². The Kier molecular flexibility index (Phi) is 5.03. The summed E-state index contributed by atoms with van der Waals surface area (Å²) >= 11 is 0. The van der Waals surface area contributed by atoms with Crippen molar-refractivity contribution in [2.45, 2.75) is 13.5 Å². The fourth-order valence-electron chi connectivity index (χ4n) is 3.85. The molecule has 2 heterocycles. The number of anilines is 1. The predicted molar refractivity (Wildman–Crippen MR) is 127 cm³/mol. The lowest BCUT2D eigenvalue weighted by molar-refractivity contribution is -0.116. The number of methoxy groups -OCH3 is 1. The van der Waals surface area contributed by atoms with Gasteiger partial charge in [-0.15, -0.1) is 0 Å². The summed E-state index contributed by atoms with van der Waals surface area (Å²) in [5, 5.41) is 9.67. The zero-order valence-electron chi connectivity index (χ0n) is 17.9. The second-order valence-electron chi connectivity index (χ2n) is 7.69. The van der Waals surface area contributed by atoms with Crippen LogP contribution in [0.2, 0.25) is 0 Å². The van der Waals surface area contributed by atoms with E-state index in [1.807, 2.05) is 66.9 Å². The lowest BCUT2D eigenvalue weighted by Gasteiger charge is -2.08. The van der Waals surface area contributed by atoms with Crippen molar-refractivity contribution in [2.75, 3.05) is 12.4 Å². The van der Waals surface area contributed by atoms with E-state index in [1.54, 1.807) is 11.8 Å². The number of nitrogens with zero attached hydrogens (tertiary/aromatic N) is 3. The minimum absolute atomic E-state index is 0.0857. The first kappa shape index (κ1) is 19.8. The minimum atomic E-state index is -0.157. The Morgan fingerprint density at radius 1 is 0.969 bits per heavy atom. The lowest BCUT2D eigenvalue weighted by Crippen LogP contribution is -2.19. The van der Waals surface area contributed by atoms with Crippen molar-refractivity contribution in [1.82, 2.24) is 14.8 Å². The Balaban J connectivity index is 1.57. The molecule has 0 bridgehead atoms. The topological polar surface area (TPSA) is 69.0 Å². The number of para-hydroxylation sites is 1. The molecule has 0 saturated heterocycles. The molecule has 0 radical (unpaired) electrons. The number of amides is 1. The van der Waals surface area contributed by atoms with Gasteiger partial charge in [-0.3, -0.25) is 14.5 Å². The second-order valence-corrected chi connectivity index (χ2v) is 7.69. The molecule has 2 aromatic heterocycles. The number of fused-ring (bicyclic) bond motifs is 3. The smallest absolute Gasteiger partial charge is 0.246 e. The van der Waals surface area contributed by atoms with Gasteiger partial charge >= 0.3 is 0 Å². The van der Waals surface area contributed by atoms with Crippen LogP contribution in [0, 0.1) is 6.92 Å². The van der Waals surface area contributed by atoms with Crippen LogP contribution >= 0.6 is 0 Å². The Morgan fingerprint density at radius 2 is 1.72 bits per heavy atom. The molecule has 5 aromatic rings. The lowest BCUT2D eigenvalue weighted by atomic mass is 10.1. The molecule has 6 heteroatoms. The number of aromatic nitrogens is 3. The molecule has 0 saturated carbocycles. The molecular weight excluding hydrogens is 400 g/mol. The number of carbonyl (C=O) groups excluding carboxylic acids is 1. The molecule has 32 heavy (non-hydrogen) atoms. The van der Waals surface area contributed by atoms with Crippen molar-refractivity contribution in [1.29, 1.82) is 0 Å². The van der Waals surface area contributed by atoms with Crippen LogP contribution in [0.1, 0.15) is 5.56 Å². The van der Waals surface area contributed by atoms with E-state index in [0.29, 0.717) is 5.69 Å². The van der Waals surface area contributed by atoms with Crippen LogP contribution in [0.5, 0.6) is 5.75 Å². The molecule has 0 aliphatic rings. The zero-order chi connectivity index (χ0) is 22.1. The minimum Gasteiger partial charge on any atom is -0.497 e. The van der Waals surface area contributed by atoms with Crippen LogP contribution in [-0.2, 0) is 11.3 Å². The molecule has 1 N–H and O–H groups in total. The third-order valence-corrected chi connectivity index (χ3v) is 5.47. The first-order valence-corrected chi connectivity index (χ1v) is 10.4. The van der Waals surface area contributed by atoms with Crippen molar-refractivity contribution >= 4 is 33.4 Å². The summed E-state index contributed by atoms with van der Waals surface area (Å²) in [5.41, 5.74) is 5.46. The van der Waals surface area contributed by atoms with Crippen molar-refractivity contribution in [3.63, 3.8) is 0 Å². The van der Waals surface area contributed by atoms with Crippen molar-refractivity contribution < 1.29 is 9.53 Å². The van der Waals surface area contributed by atoms with E-state index in [9.17, 15) is 4.79 Å². The maximum Gasteiger partial charge on any atom is 0.246 e. The number of rotatable bonds is 5. The van der Waals surface area contributed by atoms with Gasteiger partial charge in [-0.25, -0.2) is 0 Å². The summed E-state index contributed by atoms with van der Waals surface area (Å²) in [6.45, 7) is 2.14. The molecular formula is C26H22N4O2. The van der Waals surface area contributed by atoms with E-state index in [2.05, 4.69) is 29.4 Å². The normalized spacial score (nSPS) is 11.1.